The molecule has 3 aliphatic rings. The summed E-state index contributed by atoms with van der Waals surface area (Å²) in [6, 6.07) is 30.2. The third kappa shape index (κ3) is 4.55. The van der Waals surface area contributed by atoms with Crippen LogP contribution >= 0.6 is 0 Å². The molecule has 1 aromatic heterocycles. The summed E-state index contributed by atoms with van der Waals surface area (Å²) in [5.41, 5.74) is 8.53. The van der Waals surface area contributed by atoms with Gasteiger partial charge in [0.1, 0.15) is 5.82 Å². The van der Waals surface area contributed by atoms with Crippen LogP contribution in [-0.4, -0.2) is 15.0 Å². The maximum absolute atomic E-state index is 5.09. The summed E-state index contributed by atoms with van der Waals surface area (Å²) in [7, 11) is 0. The van der Waals surface area contributed by atoms with Crippen molar-refractivity contribution in [2.45, 2.75) is 31.2 Å². The average Bonchev–Trinajstić information content (AvgIpc) is 3.07. The molecule has 4 nitrogen and oxygen atoms in total. The summed E-state index contributed by atoms with van der Waals surface area (Å²) >= 11 is 0. The molecule has 0 fully saturated rings. The van der Waals surface area contributed by atoms with E-state index in [2.05, 4.69) is 133 Å². The van der Waals surface area contributed by atoms with Crippen LogP contribution in [-0.2, 0) is 6.42 Å². The van der Waals surface area contributed by atoms with Gasteiger partial charge in [-0.2, -0.15) is 0 Å². The van der Waals surface area contributed by atoms with E-state index in [1.807, 2.05) is 0 Å². The first-order chi connectivity index (χ1) is 20.8. The van der Waals surface area contributed by atoms with Gasteiger partial charge in [-0.3, -0.25) is 0 Å². The van der Waals surface area contributed by atoms with Crippen molar-refractivity contribution < 1.29 is 0 Å². The highest BCUT2D eigenvalue weighted by molar-refractivity contribution is 5.86. The van der Waals surface area contributed by atoms with Crippen molar-refractivity contribution in [2.75, 3.05) is 0 Å². The van der Waals surface area contributed by atoms with Gasteiger partial charge >= 0.3 is 0 Å². The number of nitrogens with one attached hydrogen (secondary N) is 1. The average molecular weight is 543 g/mol. The second-order valence-electron chi connectivity index (χ2n) is 11.2. The van der Waals surface area contributed by atoms with Gasteiger partial charge in [0, 0.05) is 17.0 Å². The molecule has 202 valence electrons. The topological polar surface area (TPSA) is 50.7 Å². The zero-order valence-electron chi connectivity index (χ0n) is 23.2. The minimum atomic E-state index is 0.0737. The fourth-order valence-electron chi connectivity index (χ4n) is 6.29. The van der Waals surface area contributed by atoms with E-state index in [9.17, 15) is 0 Å². The molecule has 2 heterocycles. The molecule has 0 amide bonds. The lowest BCUT2D eigenvalue weighted by molar-refractivity contribution is 0.691. The number of hydrogen-bond acceptors (Lipinski definition) is 4. The van der Waals surface area contributed by atoms with Crippen LogP contribution in [0.1, 0.15) is 52.9 Å². The van der Waals surface area contributed by atoms with E-state index < -0.39 is 0 Å². The Hall–Kier alpha value is -5.09. The minimum Gasteiger partial charge on any atom is -0.380 e. The predicted octanol–water partition coefficient (Wildman–Crippen LogP) is 8.60. The highest BCUT2D eigenvalue weighted by Crippen LogP contribution is 2.35. The van der Waals surface area contributed by atoms with Crippen LogP contribution in [0.3, 0.4) is 0 Å². The fourth-order valence-corrected chi connectivity index (χ4v) is 6.29. The molecule has 2 atom stereocenters. The number of nitrogens with zero attached hydrogens (tertiary/aromatic N) is 3. The predicted molar refractivity (Wildman–Crippen MR) is 171 cm³/mol. The Morgan fingerprint density at radius 1 is 0.690 bits per heavy atom. The van der Waals surface area contributed by atoms with E-state index in [1.165, 1.54) is 38.6 Å². The molecular weight excluding hydrogens is 512 g/mol. The molecule has 4 aromatic carbocycles. The molecule has 0 bridgehead atoms. The maximum atomic E-state index is 5.09. The molecule has 2 aliphatic carbocycles. The van der Waals surface area contributed by atoms with Crippen molar-refractivity contribution >= 4 is 22.9 Å². The van der Waals surface area contributed by atoms with Crippen molar-refractivity contribution in [1.82, 2.24) is 20.3 Å². The Morgan fingerprint density at radius 3 is 2.38 bits per heavy atom. The Kier molecular flexibility index (Phi) is 6.11. The number of hydrogen-bond donors (Lipinski definition) is 1. The summed E-state index contributed by atoms with van der Waals surface area (Å²) in [4.78, 5) is 15.2. The SMILES string of the molecule is C1=Cc2ccc(-c3nc(-c4ccc5ccccc5c4)nc(C4C=CC(C5NC=Cc6ccccc65)=CC4)n3)cc2CC1. The first-order valence-corrected chi connectivity index (χ1v) is 14.7. The Bertz CT molecular complexity index is 1960. The van der Waals surface area contributed by atoms with Crippen molar-refractivity contribution in [3.63, 3.8) is 0 Å². The molecule has 0 spiro atoms. The van der Waals surface area contributed by atoms with Crippen LogP contribution in [0.4, 0.5) is 0 Å². The van der Waals surface area contributed by atoms with Gasteiger partial charge < -0.3 is 5.32 Å². The van der Waals surface area contributed by atoms with Gasteiger partial charge in [0.05, 0.1) is 6.04 Å². The first kappa shape index (κ1) is 24.7. The second-order valence-corrected chi connectivity index (χ2v) is 11.2. The van der Waals surface area contributed by atoms with E-state index in [0.717, 1.165) is 47.9 Å². The first-order valence-electron chi connectivity index (χ1n) is 14.7. The van der Waals surface area contributed by atoms with E-state index >= 15 is 0 Å². The number of allylic oxidation sites excluding steroid dienone is 3. The number of rotatable bonds is 4. The number of fused-ring (bicyclic) bond motifs is 3. The summed E-state index contributed by atoms with van der Waals surface area (Å²) in [6.45, 7) is 0. The monoisotopic (exact) mass is 542 g/mol. The number of benzene rings is 4. The second kappa shape index (κ2) is 10.4. The van der Waals surface area contributed by atoms with Gasteiger partial charge in [-0.05, 0) is 82.3 Å². The molecule has 0 saturated heterocycles. The third-order valence-corrected chi connectivity index (χ3v) is 8.57. The van der Waals surface area contributed by atoms with Crippen LogP contribution in [0.15, 0.2) is 121 Å². The zero-order chi connectivity index (χ0) is 27.9. The van der Waals surface area contributed by atoms with Gasteiger partial charge in [-0.25, -0.2) is 15.0 Å². The highest BCUT2D eigenvalue weighted by Gasteiger charge is 2.24. The van der Waals surface area contributed by atoms with Gasteiger partial charge in [0.15, 0.2) is 11.6 Å². The quantitative estimate of drug-likeness (QED) is 0.247. The molecule has 5 aromatic rings. The summed E-state index contributed by atoms with van der Waals surface area (Å²) in [5, 5.41) is 5.94. The molecule has 1 aliphatic heterocycles. The van der Waals surface area contributed by atoms with Crippen molar-refractivity contribution in [3.05, 3.63) is 149 Å². The largest absolute Gasteiger partial charge is 0.380 e. The van der Waals surface area contributed by atoms with Crippen LogP contribution in [0.5, 0.6) is 0 Å². The Morgan fingerprint density at radius 2 is 1.50 bits per heavy atom. The van der Waals surface area contributed by atoms with E-state index in [0.29, 0.717) is 0 Å². The fraction of sp³-hybridized carbons (Fsp3) is 0.132. The highest BCUT2D eigenvalue weighted by atomic mass is 15.0. The van der Waals surface area contributed by atoms with Crippen molar-refractivity contribution in [3.8, 4) is 22.8 Å². The molecule has 2 unspecified atom stereocenters. The van der Waals surface area contributed by atoms with Crippen molar-refractivity contribution in [1.29, 1.82) is 0 Å². The van der Waals surface area contributed by atoms with Gasteiger partial charge in [0.25, 0.3) is 0 Å². The summed E-state index contributed by atoms with van der Waals surface area (Å²) < 4.78 is 0. The lowest BCUT2D eigenvalue weighted by Crippen LogP contribution is -2.22. The molecule has 1 N–H and O–H groups in total. The smallest absolute Gasteiger partial charge is 0.163 e. The van der Waals surface area contributed by atoms with Crippen LogP contribution in [0.25, 0.3) is 45.7 Å². The molecule has 4 heteroatoms. The van der Waals surface area contributed by atoms with Crippen molar-refractivity contribution in [2.24, 2.45) is 0 Å². The zero-order valence-corrected chi connectivity index (χ0v) is 23.2. The third-order valence-electron chi connectivity index (χ3n) is 8.57. The summed E-state index contributed by atoms with van der Waals surface area (Å²) in [6.07, 6.45) is 18.4. The molecule has 8 rings (SSSR count). The lowest BCUT2D eigenvalue weighted by Gasteiger charge is -2.27. The minimum absolute atomic E-state index is 0.0737. The molecular formula is C38H30N4. The normalized spacial score (nSPS) is 18.7. The van der Waals surface area contributed by atoms with E-state index in [4.69, 9.17) is 15.0 Å². The van der Waals surface area contributed by atoms with E-state index in [-0.39, 0.29) is 12.0 Å². The Labute approximate surface area is 245 Å². The maximum Gasteiger partial charge on any atom is 0.163 e. The molecule has 42 heavy (non-hydrogen) atoms. The number of aryl methyl sites for hydroxylation is 1. The molecule has 0 saturated carbocycles. The standard InChI is InChI=1S/C38H30N4/c1-3-10-30-23-32(19-13-25(30)7-1)37-40-36(41-38(42-37)33-20-14-26-8-2-4-11-31(26)24-33)29-17-15-28(16-18-29)35-34-12-6-5-9-27(34)21-22-39-35/h1-3,5-10,12-17,19-24,29,35,39H,4,11,18H2. The van der Waals surface area contributed by atoms with E-state index in [1.54, 1.807) is 0 Å². The lowest BCUT2D eigenvalue weighted by atomic mass is 9.87. The van der Waals surface area contributed by atoms with Crippen LogP contribution < -0.4 is 5.32 Å². The summed E-state index contributed by atoms with van der Waals surface area (Å²) in [5.74, 6) is 2.33. The Balaban J connectivity index is 1.18. The number of aromatic nitrogens is 3. The van der Waals surface area contributed by atoms with Gasteiger partial charge in [-0.15, -0.1) is 0 Å². The molecule has 0 radical (unpaired) electrons. The van der Waals surface area contributed by atoms with Crippen LogP contribution in [0, 0.1) is 0 Å². The van der Waals surface area contributed by atoms with Gasteiger partial charge in [-0.1, -0.05) is 103 Å². The van der Waals surface area contributed by atoms with Gasteiger partial charge in [0.2, 0.25) is 0 Å². The van der Waals surface area contributed by atoms with Crippen LogP contribution in [0.2, 0.25) is 0 Å².